The van der Waals surface area contributed by atoms with E-state index >= 15 is 0 Å². The van der Waals surface area contributed by atoms with Gasteiger partial charge in [0, 0.05) is 5.70 Å². The summed E-state index contributed by atoms with van der Waals surface area (Å²) in [6.07, 6.45) is 2.85. The molecule has 0 saturated carbocycles. The number of hydrogen-bond acceptors (Lipinski definition) is 1. The molecule has 0 spiro atoms. The van der Waals surface area contributed by atoms with Crippen molar-refractivity contribution >= 4 is 0 Å². The summed E-state index contributed by atoms with van der Waals surface area (Å²) in [4.78, 5) is 0. The summed E-state index contributed by atoms with van der Waals surface area (Å²) in [6, 6.07) is 11.9. The summed E-state index contributed by atoms with van der Waals surface area (Å²) in [5.74, 6) is 0. The molecule has 1 heterocycles. The van der Waals surface area contributed by atoms with Gasteiger partial charge in [0.1, 0.15) is 5.41 Å². The van der Waals surface area contributed by atoms with Gasteiger partial charge in [0.15, 0.2) is 0 Å². The number of nitrogens with one attached hydrogen (secondary N) is 1. The molecule has 0 radical (unpaired) electrons. The van der Waals surface area contributed by atoms with Crippen LogP contribution in [0.15, 0.2) is 91.2 Å². The largest absolute Gasteiger partial charge is 0.402 e. The molecule has 2 unspecified atom stereocenters. The molecule has 0 bridgehead atoms. The number of alkyl halides is 3. The van der Waals surface area contributed by atoms with Crippen molar-refractivity contribution < 1.29 is 13.2 Å². The molecule has 0 fully saturated rings. The number of fused-ring (bicyclic) bond motifs is 3. The number of hydrogen-bond donors (Lipinski definition) is 1. The average molecular weight is 379 g/mol. The lowest BCUT2D eigenvalue weighted by Crippen LogP contribution is -2.39. The lowest BCUT2D eigenvalue weighted by Gasteiger charge is -2.31. The Kier molecular flexibility index (Phi) is 4.11. The highest BCUT2D eigenvalue weighted by Gasteiger charge is 2.58. The third-order valence-corrected chi connectivity index (χ3v) is 5.78. The van der Waals surface area contributed by atoms with Gasteiger partial charge in [-0.1, -0.05) is 73.9 Å². The second kappa shape index (κ2) is 6.26. The van der Waals surface area contributed by atoms with Crippen molar-refractivity contribution in [3.05, 3.63) is 108 Å². The fourth-order valence-electron chi connectivity index (χ4n) is 4.15. The maximum Gasteiger partial charge on any atom is 0.402 e. The van der Waals surface area contributed by atoms with E-state index in [-0.39, 0.29) is 6.04 Å². The van der Waals surface area contributed by atoms with Crippen molar-refractivity contribution in [2.75, 3.05) is 0 Å². The van der Waals surface area contributed by atoms with Crippen molar-refractivity contribution in [3.8, 4) is 11.1 Å². The maximum atomic E-state index is 14.2. The van der Waals surface area contributed by atoms with Crippen LogP contribution >= 0.6 is 0 Å². The second-order valence-corrected chi connectivity index (χ2v) is 7.23. The van der Waals surface area contributed by atoms with E-state index in [0.29, 0.717) is 22.3 Å². The molecule has 142 valence electrons. The lowest BCUT2D eigenvalue weighted by atomic mass is 9.78. The van der Waals surface area contributed by atoms with Crippen LogP contribution in [0.3, 0.4) is 0 Å². The summed E-state index contributed by atoms with van der Waals surface area (Å²) in [6.45, 7) is 8.85. The number of benzene rings is 2. The van der Waals surface area contributed by atoms with Gasteiger partial charge in [-0.15, -0.1) is 0 Å². The van der Waals surface area contributed by atoms with Gasteiger partial charge >= 0.3 is 6.18 Å². The molecule has 4 rings (SSSR count). The van der Waals surface area contributed by atoms with Gasteiger partial charge in [-0.3, -0.25) is 0 Å². The van der Waals surface area contributed by atoms with Crippen molar-refractivity contribution in [1.29, 1.82) is 0 Å². The van der Waals surface area contributed by atoms with E-state index in [9.17, 15) is 13.2 Å². The van der Waals surface area contributed by atoms with Gasteiger partial charge in [-0.2, -0.15) is 13.2 Å². The van der Waals surface area contributed by atoms with Gasteiger partial charge < -0.3 is 5.32 Å². The topological polar surface area (TPSA) is 12.0 Å². The molecule has 1 aliphatic heterocycles. The first kappa shape index (κ1) is 18.4. The van der Waals surface area contributed by atoms with E-state index in [1.807, 2.05) is 18.2 Å². The van der Waals surface area contributed by atoms with Gasteiger partial charge in [0.25, 0.3) is 0 Å². The minimum atomic E-state index is -4.40. The molecule has 2 atom stereocenters. The van der Waals surface area contributed by atoms with Crippen molar-refractivity contribution in [1.82, 2.24) is 5.32 Å². The van der Waals surface area contributed by atoms with Crippen LogP contribution in [0, 0.1) is 0 Å². The molecule has 2 aromatic carbocycles. The molecule has 0 aromatic heterocycles. The molecular weight excluding hydrogens is 359 g/mol. The zero-order chi connectivity index (χ0) is 20.1. The molecule has 28 heavy (non-hydrogen) atoms. The van der Waals surface area contributed by atoms with E-state index in [2.05, 4.69) is 18.5 Å². The zero-order valence-electron chi connectivity index (χ0n) is 15.5. The Bertz CT molecular complexity index is 1040. The van der Waals surface area contributed by atoms with E-state index in [1.165, 1.54) is 6.92 Å². The Labute approximate surface area is 162 Å². The lowest BCUT2D eigenvalue weighted by molar-refractivity contribution is -0.172. The quantitative estimate of drug-likeness (QED) is 0.654. The SMILES string of the molecule is C=CC1=C(C=C)NC(c2ccc3c(c2)C(C)(C(F)(F)F)c2ccccc2-3)C=C1. The van der Waals surface area contributed by atoms with Crippen molar-refractivity contribution in [2.45, 2.75) is 24.6 Å². The summed E-state index contributed by atoms with van der Waals surface area (Å²) < 4.78 is 42.7. The minimum absolute atomic E-state index is 0.233. The third-order valence-electron chi connectivity index (χ3n) is 5.78. The van der Waals surface area contributed by atoms with Crippen LogP contribution in [-0.4, -0.2) is 6.18 Å². The average Bonchev–Trinajstić information content (AvgIpc) is 2.97. The molecule has 1 nitrogen and oxygen atoms in total. The second-order valence-electron chi connectivity index (χ2n) is 7.23. The summed E-state index contributed by atoms with van der Waals surface area (Å²) >= 11 is 0. The van der Waals surface area contributed by atoms with E-state index in [0.717, 1.165) is 16.8 Å². The molecule has 1 aliphatic carbocycles. The maximum absolute atomic E-state index is 14.2. The van der Waals surface area contributed by atoms with Crippen LogP contribution in [0.2, 0.25) is 0 Å². The summed E-state index contributed by atoms with van der Waals surface area (Å²) in [5, 5.41) is 3.32. The normalized spacial score (nSPS) is 23.1. The number of halogens is 3. The Balaban J connectivity index is 1.84. The van der Waals surface area contributed by atoms with Gasteiger partial charge in [-0.25, -0.2) is 0 Å². The van der Waals surface area contributed by atoms with Crippen molar-refractivity contribution in [3.63, 3.8) is 0 Å². The Hall–Kier alpha value is -3.01. The minimum Gasteiger partial charge on any atom is -0.374 e. The highest BCUT2D eigenvalue weighted by molar-refractivity contribution is 5.81. The van der Waals surface area contributed by atoms with Crippen LogP contribution in [-0.2, 0) is 5.41 Å². The van der Waals surface area contributed by atoms with Gasteiger partial charge in [0.2, 0.25) is 0 Å². The number of rotatable bonds is 3. The fraction of sp³-hybridized carbons (Fsp3) is 0.167. The molecule has 4 heteroatoms. The smallest absolute Gasteiger partial charge is 0.374 e. The monoisotopic (exact) mass is 379 g/mol. The number of dihydropyridines is 1. The van der Waals surface area contributed by atoms with Crippen LogP contribution in [0.5, 0.6) is 0 Å². The molecule has 2 aromatic rings. The summed E-state index contributed by atoms with van der Waals surface area (Å²) in [7, 11) is 0. The zero-order valence-corrected chi connectivity index (χ0v) is 15.5. The molecular formula is C24H20F3N. The van der Waals surface area contributed by atoms with Gasteiger partial charge in [0.05, 0.1) is 6.04 Å². The Morgan fingerprint density at radius 2 is 1.71 bits per heavy atom. The van der Waals surface area contributed by atoms with Crippen LogP contribution in [0.4, 0.5) is 13.2 Å². The standard InChI is InChI=1S/C24H20F3N/c1-4-15-11-13-22(28-21(15)5-2)16-10-12-18-17-8-6-7-9-19(17)23(3,20(18)14-16)24(25,26)27/h4-14,22,28H,1-2H2,3H3. The predicted molar refractivity (Wildman–Crippen MR) is 107 cm³/mol. The third kappa shape index (κ3) is 2.48. The molecule has 0 saturated heterocycles. The number of allylic oxidation sites excluding steroid dienone is 4. The van der Waals surface area contributed by atoms with Crippen LogP contribution < -0.4 is 5.32 Å². The summed E-state index contributed by atoms with van der Waals surface area (Å²) in [5.41, 5.74) is 2.36. The first-order valence-corrected chi connectivity index (χ1v) is 9.06. The fourth-order valence-corrected chi connectivity index (χ4v) is 4.15. The molecule has 1 N–H and O–H groups in total. The van der Waals surface area contributed by atoms with Crippen LogP contribution in [0.1, 0.15) is 29.7 Å². The molecule has 2 aliphatic rings. The van der Waals surface area contributed by atoms with E-state index in [1.54, 1.807) is 48.6 Å². The molecule has 0 amide bonds. The Morgan fingerprint density at radius 1 is 1.00 bits per heavy atom. The van der Waals surface area contributed by atoms with Gasteiger partial charge in [-0.05, 0) is 46.4 Å². The first-order valence-electron chi connectivity index (χ1n) is 9.06. The van der Waals surface area contributed by atoms with Crippen molar-refractivity contribution in [2.24, 2.45) is 0 Å². The van der Waals surface area contributed by atoms with E-state index < -0.39 is 11.6 Å². The predicted octanol–water partition coefficient (Wildman–Crippen LogP) is 6.36. The Morgan fingerprint density at radius 3 is 2.39 bits per heavy atom. The van der Waals surface area contributed by atoms with E-state index in [4.69, 9.17) is 0 Å². The highest BCUT2D eigenvalue weighted by atomic mass is 19.4. The first-order chi connectivity index (χ1) is 13.3. The highest BCUT2D eigenvalue weighted by Crippen LogP contribution is 2.56. The van der Waals surface area contributed by atoms with Crippen LogP contribution in [0.25, 0.3) is 11.1 Å².